The number of piperidine rings is 2. The van der Waals surface area contributed by atoms with Crippen molar-refractivity contribution in [1.82, 2.24) is 9.88 Å². The minimum Gasteiger partial charge on any atom is -0.447 e. The summed E-state index contributed by atoms with van der Waals surface area (Å²) >= 11 is 0. The molecule has 0 aromatic carbocycles. The number of hydrogen-bond acceptors (Lipinski definition) is 7. The van der Waals surface area contributed by atoms with Gasteiger partial charge in [-0.15, -0.1) is 0 Å². The number of aryl methyl sites for hydroxylation is 1. The summed E-state index contributed by atoms with van der Waals surface area (Å²) in [5.41, 5.74) is 1.52. The van der Waals surface area contributed by atoms with Crippen LogP contribution in [0.1, 0.15) is 57.9 Å². The largest absolute Gasteiger partial charge is 0.447 e. The first kappa shape index (κ1) is 22.6. The maximum absolute atomic E-state index is 12.9. The van der Waals surface area contributed by atoms with E-state index in [-0.39, 0.29) is 36.5 Å². The average Bonchev–Trinajstić information content (AvgIpc) is 2.99. The minimum atomic E-state index is -0.502. The molecule has 0 radical (unpaired) electrons. The Morgan fingerprint density at radius 3 is 2.59 bits per heavy atom. The van der Waals surface area contributed by atoms with Crippen molar-refractivity contribution >= 4 is 23.7 Å². The van der Waals surface area contributed by atoms with Crippen LogP contribution in [-0.2, 0) is 9.47 Å². The SMILES string of the molecule is Cc1cc(NC(=O)OC(C)C)cnc1N1CCCC(OC(=O)N2C3CC[C@@H]2CC(O)C3)C1. The van der Waals surface area contributed by atoms with Crippen LogP contribution < -0.4 is 10.2 Å². The van der Waals surface area contributed by atoms with Crippen LogP contribution in [-0.4, -0.2) is 70.7 Å². The number of carbonyl (C=O) groups is 2. The number of aromatic nitrogens is 1. The lowest BCUT2D eigenvalue weighted by Crippen LogP contribution is -2.50. The molecule has 0 saturated carbocycles. The van der Waals surface area contributed by atoms with E-state index in [0.29, 0.717) is 25.1 Å². The van der Waals surface area contributed by atoms with Crippen molar-refractivity contribution in [3.63, 3.8) is 0 Å². The molecule has 3 fully saturated rings. The Labute approximate surface area is 189 Å². The van der Waals surface area contributed by atoms with Crippen molar-refractivity contribution in [2.45, 2.75) is 89.7 Å². The molecule has 2 amide bonds. The lowest BCUT2D eigenvalue weighted by molar-refractivity contribution is 0.00637. The lowest BCUT2D eigenvalue weighted by Gasteiger charge is -2.39. The number of nitrogens with zero attached hydrogens (tertiary/aromatic N) is 3. The molecule has 2 N–H and O–H groups in total. The summed E-state index contributed by atoms with van der Waals surface area (Å²) in [4.78, 5) is 33.3. The Kier molecular flexibility index (Phi) is 6.74. The molecule has 9 nitrogen and oxygen atoms in total. The van der Waals surface area contributed by atoms with E-state index >= 15 is 0 Å². The molecule has 0 aliphatic carbocycles. The molecule has 176 valence electrons. The molecule has 2 bridgehead atoms. The third-order valence-electron chi connectivity index (χ3n) is 6.50. The molecule has 3 aliphatic heterocycles. The molecule has 3 saturated heterocycles. The van der Waals surface area contributed by atoms with E-state index in [1.807, 2.05) is 17.9 Å². The van der Waals surface area contributed by atoms with Gasteiger partial charge in [0.1, 0.15) is 11.9 Å². The van der Waals surface area contributed by atoms with Crippen molar-refractivity contribution in [3.05, 3.63) is 17.8 Å². The summed E-state index contributed by atoms with van der Waals surface area (Å²) in [5.74, 6) is 0.828. The van der Waals surface area contributed by atoms with Gasteiger partial charge in [-0.05, 0) is 70.9 Å². The Morgan fingerprint density at radius 2 is 1.94 bits per heavy atom. The smallest absolute Gasteiger partial charge is 0.411 e. The van der Waals surface area contributed by atoms with Gasteiger partial charge in [-0.25, -0.2) is 14.6 Å². The maximum Gasteiger partial charge on any atom is 0.411 e. The van der Waals surface area contributed by atoms with Gasteiger partial charge in [-0.3, -0.25) is 5.32 Å². The maximum atomic E-state index is 12.9. The number of rotatable bonds is 4. The average molecular weight is 447 g/mol. The fraction of sp³-hybridized carbons (Fsp3) is 0.696. The van der Waals surface area contributed by atoms with Gasteiger partial charge in [0.15, 0.2) is 0 Å². The van der Waals surface area contributed by atoms with Crippen LogP contribution in [0.15, 0.2) is 12.3 Å². The van der Waals surface area contributed by atoms with Crippen molar-refractivity contribution in [1.29, 1.82) is 0 Å². The van der Waals surface area contributed by atoms with Gasteiger partial charge in [0.05, 0.1) is 30.6 Å². The van der Waals surface area contributed by atoms with Crippen molar-refractivity contribution in [3.8, 4) is 0 Å². The number of pyridine rings is 1. The van der Waals surface area contributed by atoms with E-state index in [1.165, 1.54) is 0 Å². The summed E-state index contributed by atoms with van der Waals surface area (Å²) in [7, 11) is 0. The molecule has 3 aliphatic rings. The Balaban J connectivity index is 1.35. The molecule has 4 atom stereocenters. The van der Waals surface area contributed by atoms with E-state index in [9.17, 15) is 14.7 Å². The van der Waals surface area contributed by atoms with Gasteiger partial charge in [0.25, 0.3) is 0 Å². The number of nitrogens with one attached hydrogen (secondary N) is 1. The number of fused-ring (bicyclic) bond motifs is 2. The standard InChI is InChI=1S/C23H34N4O5/c1-14(2)31-22(29)25-16-9-15(3)21(24-12-16)26-8-4-5-20(13-26)32-23(30)27-17-6-7-18(27)11-19(28)10-17/h9,12,14,17-20,28H,4-8,10-11,13H2,1-3H3,(H,25,29)/t17-,18?,19?,20?/m1/s1. The van der Waals surface area contributed by atoms with Crippen LogP contribution in [0.25, 0.3) is 0 Å². The Morgan fingerprint density at radius 1 is 1.22 bits per heavy atom. The highest BCUT2D eigenvalue weighted by atomic mass is 16.6. The zero-order valence-electron chi connectivity index (χ0n) is 19.1. The number of ether oxygens (including phenoxy) is 2. The highest BCUT2D eigenvalue weighted by Gasteiger charge is 2.44. The topological polar surface area (TPSA) is 104 Å². The van der Waals surface area contributed by atoms with Gasteiger partial charge in [-0.1, -0.05) is 0 Å². The molecule has 1 aromatic heterocycles. The van der Waals surface area contributed by atoms with Gasteiger partial charge >= 0.3 is 12.2 Å². The van der Waals surface area contributed by atoms with Crippen molar-refractivity contribution < 1.29 is 24.2 Å². The van der Waals surface area contributed by atoms with Gasteiger partial charge in [-0.2, -0.15) is 0 Å². The van der Waals surface area contributed by atoms with Crippen LogP contribution in [0, 0.1) is 6.92 Å². The lowest BCUT2D eigenvalue weighted by atomic mass is 10.0. The minimum absolute atomic E-state index is 0.0993. The molecule has 4 rings (SSSR count). The zero-order valence-corrected chi connectivity index (χ0v) is 19.1. The monoisotopic (exact) mass is 446 g/mol. The quantitative estimate of drug-likeness (QED) is 0.730. The van der Waals surface area contributed by atoms with Gasteiger partial charge in [0.2, 0.25) is 0 Å². The number of aliphatic hydroxyl groups is 1. The predicted octanol–water partition coefficient (Wildman–Crippen LogP) is 3.44. The summed E-state index contributed by atoms with van der Waals surface area (Å²) in [6.07, 6.45) is 5.11. The second-order valence-electron chi connectivity index (χ2n) is 9.46. The molecule has 32 heavy (non-hydrogen) atoms. The summed E-state index contributed by atoms with van der Waals surface area (Å²) in [6, 6.07) is 2.07. The number of anilines is 2. The van der Waals surface area contributed by atoms with Crippen molar-refractivity contribution in [2.75, 3.05) is 23.3 Å². The van der Waals surface area contributed by atoms with Crippen LogP contribution in [0.5, 0.6) is 0 Å². The molecule has 9 heteroatoms. The van der Waals surface area contributed by atoms with Gasteiger partial charge in [0, 0.05) is 18.6 Å². The number of carbonyl (C=O) groups excluding carboxylic acids is 2. The first-order valence-corrected chi connectivity index (χ1v) is 11.7. The normalized spacial score (nSPS) is 27.4. The first-order chi connectivity index (χ1) is 15.3. The fourth-order valence-electron chi connectivity index (χ4n) is 5.20. The fourth-order valence-corrected chi connectivity index (χ4v) is 5.20. The third-order valence-corrected chi connectivity index (χ3v) is 6.50. The summed E-state index contributed by atoms with van der Waals surface area (Å²) in [5, 5.41) is 12.7. The molecule has 3 unspecified atom stereocenters. The zero-order chi connectivity index (χ0) is 22.8. The first-order valence-electron chi connectivity index (χ1n) is 11.7. The van der Waals surface area contributed by atoms with E-state index in [1.54, 1.807) is 20.0 Å². The second-order valence-corrected chi connectivity index (χ2v) is 9.46. The molecular formula is C23H34N4O5. The number of hydrogen-bond donors (Lipinski definition) is 2. The number of aliphatic hydroxyl groups excluding tert-OH is 1. The Hall–Kier alpha value is -2.55. The van der Waals surface area contributed by atoms with Crippen LogP contribution >= 0.6 is 0 Å². The Bertz CT molecular complexity index is 834. The van der Waals surface area contributed by atoms with Gasteiger partial charge < -0.3 is 24.4 Å². The summed E-state index contributed by atoms with van der Waals surface area (Å²) in [6.45, 7) is 6.98. The van der Waals surface area contributed by atoms with Crippen LogP contribution in [0.4, 0.5) is 21.1 Å². The molecule has 0 spiro atoms. The van der Waals surface area contributed by atoms with E-state index in [0.717, 1.165) is 43.6 Å². The molecule has 1 aromatic rings. The predicted molar refractivity (Wildman–Crippen MR) is 120 cm³/mol. The van der Waals surface area contributed by atoms with E-state index < -0.39 is 6.09 Å². The number of amides is 2. The molecule has 4 heterocycles. The van der Waals surface area contributed by atoms with E-state index in [2.05, 4.69) is 15.2 Å². The highest BCUT2D eigenvalue weighted by Crippen LogP contribution is 2.36. The van der Waals surface area contributed by atoms with Crippen LogP contribution in [0.3, 0.4) is 0 Å². The van der Waals surface area contributed by atoms with Crippen LogP contribution in [0.2, 0.25) is 0 Å². The third kappa shape index (κ3) is 5.09. The van der Waals surface area contributed by atoms with E-state index in [4.69, 9.17) is 9.47 Å². The molecular weight excluding hydrogens is 412 g/mol. The summed E-state index contributed by atoms with van der Waals surface area (Å²) < 4.78 is 11.0. The van der Waals surface area contributed by atoms with Crippen molar-refractivity contribution in [2.24, 2.45) is 0 Å². The highest BCUT2D eigenvalue weighted by molar-refractivity contribution is 5.84. The second kappa shape index (κ2) is 9.52.